The van der Waals surface area contributed by atoms with Gasteiger partial charge in [-0.3, -0.25) is 14.3 Å². The van der Waals surface area contributed by atoms with Crippen LogP contribution in [0.15, 0.2) is 28.0 Å². The molecular formula is C11H9Cl2N3O2. The molecule has 0 unspecified atom stereocenters. The molecule has 2 rings (SSSR count). The lowest BCUT2D eigenvalue weighted by molar-refractivity contribution is 0.711. The Kier molecular flexibility index (Phi) is 3.54. The van der Waals surface area contributed by atoms with E-state index in [1.807, 2.05) is 0 Å². The van der Waals surface area contributed by atoms with Crippen LogP contribution < -0.4 is 11.2 Å². The summed E-state index contributed by atoms with van der Waals surface area (Å²) in [4.78, 5) is 28.9. The van der Waals surface area contributed by atoms with Gasteiger partial charge in [-0.2, -0.15) is 0 Å². The standard InChI is InChI=1S/C11H9Cl2N3O2/c1-6-4-16(11(18)15-10(6)17)5-7-3-14-9(13)2-8(7)12/h2-4H,5H2,1H3,(H,15,17,18). The Balaban J connectivity index is 2.43. The molecule has 0 fully saturated rings. The van der Waals surface area contributed by atoms with Gasteiger partial charge in [0.25, 0.3) is 5.56 Å². The van der Waals surface area contributed by atoms with Crippen molar-refractivity contribution in [2.45, 2.75) is 13.5 Å². The molecule has 0 aliphatic rings. The van der Waals surface area contributed by atoms with Gasteiger partial charge in [0.1, 0.15) is 5.15 Å². The topological polar surface area (TPSA) is 67.8 Å². The molecule has 0 spiro atoms. The number of aromatic amines is 1. The number of halogens is 2. The van der Waals surface area contributed by atoms with E-state index in [4.69, 9.17) is 23.2 Å². The first-order chi connectivity index (χ1) is 8.47. The van der Waals surface area contributed by atoms with Crippen molar-refractivity contribution in [1.82, 2.24) is 14.5 Å². The van der Waals surface area contributed by atoms with E-state index in [2.05, 4.69) is 9.97 Å². The van der Waals surface area contributed by atoms with Gasteiger partial charge in [-0.15, -0.1) is 0 Å². The van der Waals surface area contributed by atoms with Gasteiger partial charge in [-0.25, -0.2) is 9.78 Å². The summed E-state index contributed by atoms with van der Waals surface area (Å²) in [6.07, 6.45) is 2.98. The average molecular weight is 286 g/mol. The van der Waals surface area contributed by atoms with Gasteiger partial charge < -0.3 is 0 Å². The molecule has 7 heteroatoms. The second kappa shape index (κ2) is 4.96. The lowest BCUT2D eigenvalue weighted by Gasteiger charge is -2.07. The van der Waals surface area contributed by atoms with Crippen LogP contribution in [0.25, 0.3) is 0 Å². The fourth-order valence-electron chi connectivity index (χ4n) is 1.47. The van der Waals surface area contributed by atoms with Crippen LogP contribution in [-0.2, 0) is 6.54 Å². The monoisotopic (exact) mass is 285 g/mol. The highest BCUT2D eigenvalue weighted by Gasteiger charge is 2.06. The molecule has 2 aromatic heterocycles. The van der Waals surface area contributed by atoms with Crippen LogP contribution in [0.2, 0.25) is 10.2 Å². The van der Waals surface area contributed by atoms with E-state index >= 15 is 0 Å². The summed E-state index contributed by atoms with van der Waals surface area (Å²) >= 11 is 11.7. The Morgan fingerprint density at radius 2 is 2.11 bits per heavy atom. The number of hydrogen-bond donors (Lipinski definition) is 1. The Morgan fingerprint density at radius 1 is 1.39 bits per heavy atom. The lowest BCUT2D eigenvalue weighted by atomic mass is 10.3. The third kappa shape index (κ3) is 2.63. The molecular weight excluding hydrogens is 277 g/mol. The number of nitrogens with zero attached hydrogens (tertiary/aromatic N) is 2. The van der Waals surface area contributed by atoms with Crippen LogP contribution in [0.5, 0.6) is 0 Å². The van der Waals surface area contributed by atoms with Gasteiger partial charge in [-0.05, 0) is 13.0 Å². The van der Waals surface area contributed by atoms with Gasteiger partial charge in [0.2, 0.25) is 0 Å². The number of rotatable bonds is 2. The van der Waals surface area contributed by atoms with Crippen LogP contribution in [0.4, 0.5) is 0 Å². The fourth-order valence-corrected chi connectivity index (χ4v) is 1.90. The molecule has 0 aliphatic carbocycles. The van der Waals surface area contributed by atoms with Crippen LogP contribution in [0.1, 0.15) is 11.1 Å². The predicted octanol–water partition coefficient (Wildman–Crippen LogP) is 1.60. The maximum Gasteiger partial charge on any atom is 0.328 e. The molecule has 2 heterocycles. The first-order valence-corrected chi connectivity index (χ1v) is 5.83. The van der Waals surface area contributed by atoms with E-state index in [1.165, 1.54) is 23.0 Å². The van der Waals surface area contributed by atoms with E-state index < -0.39 is 11.2 Å². The molecule has 2 aromatic rings. The van der Waals surface area contributed by atoms with Crippen LogP contribution in [-0.4, -0.2) is 14.5 Å². The predicted molar refractivity (Wildman–Crippen MR) is 69.4 cm³/mol. The highest BCUT2D eigenvalue weighted by Crippen LogP contribution is 2.18. The number of pyridine rings is 1. The van der Waals surface area contributed by atoms with E-state index in [9.17, 15) is 9.59 Å². The van der Waals surface area contributed by atoms with E-state index in [0.29, 0.717) is 16.1 Å². The largest absolute Gasteiger partial charge is 0.328 e. The molecule has 0 aliphatic heterocycles. The fraction of sp³-hybridized carbons (Fsp3) is 0.182. The highest BCUT2D eigenvalue weighted by molar-refractivity contribution is 6.34. The van der Waals surface area contributed by atoms with Gasteiger partial charge in [0.15, 0.2) is 0 Å². The third-order valence-electron chi connectivity index (χ3n) is 2.43. The molecule has 0 aromatic carbocycles. The first-order valence-electron chi connectivity index (χ1n) is 5.07. The van der Waals surface area contributed by atoms with Crippen LogP contribution in [0.3, 0.4) is 0 Å². The maximum atomic E-state index is 11.6. The molecule has 0 bridgehead atoms. The van der Waals surface area contributed by atoms with E-state index in [1.54, 1.807) is 6.92 Å². The average Bonchev–Trinajstić information content (AvgIpc) is 2.29. The Labute approximate surface area is 112 Å². The molecule has 0 amide bonds. The summed E-state index contributed by atoms with van der Waals surface area (Å²) in [5.41, 5.74) is 0.218. The minimum absolute atomic E-state index is 0.222. The molecule has 0 radical (unpaired) electrons. The van der Waals surface area contributed by atoms with Crippen molar-refractivity contribution >= 4 is 23.2 Å². The van der Waals surface area contributed by atoms with Crippen molar-refractivity contribution in [3.8, 4) is 0 Å². The third-order valence-corrected chi connectivity index (χ3v) is 2.98. The van der Waals surface area contributed by atoms with Crippen molar-refractivity contribution in [2.24, 2.45) is 0 Å². The zero-order chi connectivity index (χ0) is 13.3. The van der Waals surface area contributed by atoms with Crippen molar-refractivity contribution in [3.63, 3.8) is 0 Å². The first kappa shape index (κ1) is 12.9. The molecule has 18 heavy (non-hydrogen) atoms. The zero-order valence-corrected chi connectivity index (χ0v) is 10.9. The van der Waals surface area contributed by atoms with Crippen LogP contribution in [0, 0.1) is 6.92 Å². The normalized spacial score (nSPS) is 10.6. The summed E-state index contributed by atoms with van der Waals surface area (Å²) in [7, 11) is 0. The minimum Gasteiger partial charge on any atom is -0.296 e. The van der Waals surface area contributed by atoms with Crippen molar-refractivity contribution < 1.29 is 0 Å². The van der Waals surface area contributed by atoms with E-state index in [0.717, 1.165) is 0 Å². The summed E-state index contributed by atoms with van der Waals surface area (Å²) in [5.74, 6) is 0. The molecule has 94 valence electrons. The zero-order valence-electron chi connectivity index (χ0n) is 9.41. The van der Waals surface area contributed by atoms with Gasteiger partial charge in [0.05, 0.1) is 11.6 Å². The lowest BCUT2D eigenvalue weighted by Crippen LogP contribution is -2.31. The quantitative estimate of drug-likeness (QED) is 0.852. The number of nitrogens with one attached hydrogen (secondary N) is 1. The van der Waals surface area contributed by atoms with E-state index in [-0.39, 0.29) is 11.7 Å². The van der Waals surface area contributed by atoms with Crippen molar-refractivity contribution in [3.05, 3.63) is 60.6 Å². The summed E-state index contributed by atoms with van der Waals surface area (Å²) in [6, 6.07) is 1.50. The molecule has 0 saturated carbocycles. The summed E-state index contributed by atoms with van der Waals surface area (Å²) in [6.45, 7) is 1.84. The second-order valence-electron chi connectivity index (χ2n) is 3.80. The number of hydrogen-bond acceptors (Lipinski definition) is 3. The highest BCUT2D eigenvalue weighted by atomic mass is 35.5. The van der Waals surface area contributed by atoms with Crippen molar-refractivity contribution in [2.75, 3.05) is 0 Å². The van der Waals surface area contributed by atoms with Gasteiger partial charge >= 0.3 is 5.69 Å². The Bertz CT molecular complexity index is 706. The number of aryl methyl sites for hydroxylation is 1. The van der Waals surface area contributed by atoms with Crippen molar-refractivity contribution in [1.29, 1.82) is 0 Å². The molecule has 0 atom stereocenters. The molecule has 0 saturated heterocycles. The van der Waals surface area contributed by atoms with Gasteiger partial charge in [-0.1, -0.05) is 23.2 Å². The van der Waals surface area contributed by atoms with Gasteiger partial charge in [0, 0.05) is 23.5 Å². The molecule has 1 N–H and O–H groups in total. The Hall–Kier alpha value is -1.59. The molecule has 5 nitrogen and oxygen atoms in total. The number of aromatic nitrogens is 3. The summed E-state index contributed by atoms with van der Waals surface area (Å²) < 4.78 is 1.35. The maximum absolute atomic E-state index is 11.6. The minimum atomic E-state index is -0.489. The second-order valence-corrected chi connectivity index (χ2v) is 4.59. The number of H-pyrrole nitrogens is 1. The van der Waals surface area contributed by atoms with Crippen LogP contribution >= 0.6 is 23.2 Å². The summed E-state index contributed by atoms with van der Waals surface area (Å²) in [5, 5.41) is 0.708. The Morgan fingerprint density at radius 3 is 2.78 bits per heavy atom. The SMILES string of the molecule is Cc1cn(Cc2cnc(Cl)cc2Cl)c(=O)[nH]c1=O. The smallest absolute Gasteiger partial charge is 0.296 e.